The minimum absolute atomic E-state index is 0. The monoisotopic (exact) mass is 377 g/mol. The Hall–Kier alpha value is -0.320. The van der Waals surface area contributed by atoms with Gasteiger partial charge in [-0.25, -0.2) is 0 Å². The number of benzene rings is 1. The van der Waals surface area contributed by atoms with E-state index in [9.17, 15) is 4.79 Å². The molecule has 1 saturated heterocycles. The molecule has 23 heavy (non-hydrogen) atoms. The molecule has 128 valence electrons. The van der Waals surface area contributed by atoms with Crippen LogP contribution < -0.4 is 0 Å². The maximum Gasteiger partial charge on any atom is 0.148 e. The molecule has 0 amide bonds. The molecule has 0 N–H and O–H groups in total. The Morgan fingerprint density at radius 1 is 1.17 bits per heavy atom. The van der Waals surface area contributed by atoms with E-state index in [1.54, 1.807) is 0 Å². The quantitative estimate of drug-likeness (QED) is 0.771. The Morgan fingerprint density at radius 2 is 1.87 bits per heavy atom. The van der Waals surface area contributed by atoms with Gasteiger partial charge in [-0.1, -0.05) is 42.1 Å². The van der Waals surface area contributed by atoms with Crippen molar-refractivity contribution >= 4 is 41.4 Å². The van der Waals surface area contributed by atoms with Crippen LogP contribution in [0.4, 0.5) is 0 Å². The number of hydrogen-bond acceptors (Lipinski definition) is 3. The lowest BCUT2D eigenvalue weighted by Crippen LogP contribution is -2.45. The molecule has 2 aliphatic rings. The highest BCUT2D eigenvalue weighted by atomic mass is 35.5. The number of rotatable bonds is 4. The number of halogens is 3. The van der Waals surface area contributed by atoms with E-state index < -0.39 is 0 Å². The van der Waals surface area contributed by atoms with Gasteiger partial charge in [0, 0.05) is 34.6 Å². The van der Waals surface area contributed by atoms with Crippen LogP contribution in [0, 0.1) is 0 Å². The van der Waals surface area contributed by atoms with E-state index in [1.165, 1.54) is 12.8 Å². The fourth-order valence-corrected chi connectivity index (χ4v) is 3.99. The number of nitrogens with zero attached hydrogens (tertiary/aromatic N) is 1. The second-order valence-electron chi connectivity index (χ2n) is 6.16. The first-order valence-corrected chi connectivity index (χ1v) is 8.71. The first-order chi connectivity index (χ1) is 10.6. The lowest BCUT2D eigenvalue weighted by atomic mass is 9.91. The van der Waals surface area contributed by atoms with Crippen molar-refractivity contribution < 1.29 is 9.53 Å². The van der Waals surface area contributed by atoms with Gasteiger partial charge in [-0.2, -0.15) is 0 Å². The van der Waals surface area contributed by atoms with Crippen LogP contribution in [-0.2, 0) is 16.1 Å². The molecule has 1 aromatic rings. The van der Waals surface area contributed by atoms with Gasteiger partial charge in [0.25, 0.3) is 0 Å². The number of carbonyl (C=O) groups excluding carboxylic acids is 1. The molecular weight excluding hydrogens is 357 g/mol. The molecule has 0 aromatic heterocycles. The average Bonchev–Trinajstić information content (AvgIpc) is 2.93. The van der Waals surface area contributed by atoms with Crippen LogP contribution in [-0.4, -0.2) is 35.9 Å². The van der Waals surface area contributed by atoms with E-state index in [2.05, 4.69) is 4.90 Å². The number of Topliss-reactive ketones (excluding diaryl/α,β-unsaturated/α-hetero) is 1. The summed E-state index contributed by atoms with van der Waals surface area (Å²) >= 11 is 12.4. The average molecular weight is 379 g/mol. The van der Waals surface area contributed by atoms with Crippen molar-refractivity contribution in [2.75, 3.05) is 13.1 Å². The third kappa shape index (κ3) is 4.61. The summed E-state index contributed by atoms with van der Waals surface area (Å²) in [6, 6.07) is 5.86. The fraction of sp³-hybridized carbons (Fsp3) is 0.588. The largest absolute Gasteiger partial charge is 0.372 e. The summed E-state index contributed by atoms with van der Waals surface area (Å²) in [5, 5.41) is 1.30. The summed E-state index contributed by atoms with van der Waals surface area (Å²) in [6.07, 6.45) is 5.37. The minimum Gasteiger partial charge on any atom is -0.372 e. The van der Waals surface area contributed by atoms with Crippen LogP contribution in [0.1, 0.15) is 37.7 Å². The van der Waals surface area contributed by atoms with Crippen molar-refractivity contribution in [1.29, 1.82) is 0 Å². The van der Waals surface area contributed by atoms with Gasteiger partial charge in [0.1, 0.15) is 5.78 Å². The zero-order valence-electron chi connectivity index (χ0n) is 13.0. The molecule has 2 fully saturated rings. The Bertz CT molecular complexity index is 532. The number of ether oxygens (including phenoxy) is 1. The molecule has 3 rings (SSSR count). The molecular formula is C17H22Cl3NO2. The van der Waals surface area contributed by atoms with Gasteiger partial charge in [-0.3, -0.25) is 9.69 Å². The van der Waals surface area contributed by atoms with E-state index in [0.717, 1.165) is 24.9 Å². The molecule has 6 heteroatoms. The van der Waals surface area contributed by atoms with Gasteiger partial charge in [0.05, 0.1) is 19.3 Å². The van der Waals surface area contributed by atoms with Crippen molar-refractivity contribution in [2.24, 2.45) is 0 Å². The smallest absolute Gasteiger partial charge is 0.148 e. The Balaban J connectivity index is 0.00000192. The maximum atomic E-state index is 11.6. The molecule has 1 unspecified atom stereocenters. The van der Waals surface area contributed by atoms with Gasteiger partial charge in [-0.15, -0.1) is 12.4 Å². The second kappa shape index (κ2) is 8.68. The number of hydrogen-bond donors (Lipinski definition) is 0. The van der Waals surface area contributed by atoms with E-state index >= 15 is 0 Å². The fourth-order valence-electron chi connectivity index (χ4n) is 3.49. The topological polar surface area (TPSA) is 29.5 Å². The summed E-state index contributed by atoms with van der Waals surface area (Å²) in [5.41, 5.74) is 0.854. The third-order valence-corrected chi connectivity index (χ3v) is 5.41. The van der Waals surface area contributed by atoms with Crippen molar-refractivity contribution in [2.45, 2.75) is 50.9 Å². The molecule has 0 radical (unpaired) electrons. The molecule has 1 aliphatic carbocycles. The van der Waals surface area contributed by atoms with Crippen LogP contribution in [0.5, 0.6) is 0 Å². The van der Waals surface area contributed by atoms with Gasteiger partial charge in [0.15, 0.2) is 0 Å². The Kier molecular flexibility index (Phi) is 7.18. The highest BCUT2D eigenvalue weighted by Gasteiger charge is 2.34. The van der Waals surface area contributed by atoms with Crippen molar-refractivity contribution in [3.63, 3.8) is 0 Å². The molecule has 1 heterocycles. The first kappa shape index (κ1) is 19.0. The van der Waals surface area contributed by atoms with Crippen molar-refractivity contribution in [3.8, 4) is 0 Å². The maximum absolute atomic E-state index is 11.6. The summed E-state index contributed by atoms with van der Waals surface area (Å²) in [7, 11) is 0. The molecule has 1 aliphatic heterocycles. The van der Waals surface area contributed by atoms with E-state index in [4.69, 9.17) is 27.9 Å². The van der Waals surface area contributed by atoms with Crippen molar-refractivity contribution in [3.05, 3.63) is 33.8 Å². The zero-order valence-corrected chi connectivity index (χ0v) is 15.3. The SMILES string of the molecule is Cl.O=C1CCN([C@@H]2CCCCC2OCc2c(Cl)cccc2Cl)C1. The number of carbonyl (C=O) groups is 1. The van der Waals surface area contributed by atoms with Crippen molar-refractivity contribution in [1.82, 2.24) is 4.90 Å². The molecule has 0 spiro atoms. The predicted octanol–water partition coefficient (Wildman–Crippen LogP) is 4.52. The predicted molar refractivity (Wildman–Crippen MR) is 95.7 cm³/mol. The standard InChI is InChI=1S/C17H21Cl2NO2.ClH/c18-14-4-3-5-15(19)13(14)11-22-17-7-2-1-6-16(17)20-9-8-12(21)10-20;/h3-5,16-17H,1-2,6-11H2;1H/t16-,17?;/m1./s1. The van der Waals surface area contributed by atoms with Crippen LogP contribution in [0.2, 0.25) is 10.0 Å². The molecule has 1 saturated carbocycles. The number of likely N-dealkylation sites (tertiary alicyclic amines) is 1. The van der Waals surface area contributed by atoms with E-state index in [-0.39, 0.29) is 18.5 Å². The lowest BCUT2D eigenvalue weighted by molar-refractivity contribution is -0.117. The molecule has 2 atom stereocenters. The second-order valence-corrected chi connectivity index (χ2v) is 6.98. The molecule has 1 aromatic carbocycles. The lowest BCUT2D eigenvalue weighted by Gasteiger charge is -2.37. The first-order valence-electron chi connectivity index (χ1n) is 7.95. The van der Waals surface area contributed by atoms with Crippen LogP contribution in [0.25, 0.3) is 0 Å². The highest BCUT2D eigenvalue weighted by Crippen LogP contribution is 2.30. The minimum atomic E-state index is 0. The van der Waals surface area contributed by atoms with Crippen LogP contribution in [0.15, 0.2) is 18.2 Å². The molecule has 0 bridgehead atoms. The summed E-state index contributed by atoms with van der Waals surface area (Å²) in [4.78, 5) is 13.8. The summed E-state index contributed by atoms with van der Waals surface area (Å²) in [6.45, 7) is 1.88. The van der Waals surface area contributed by atoms with Crippen LogP contribution >= 0.6 is 35.6 Å². The Morgan fingerprint density at radius 3 is 2.52 bits per heavy atom. The number of ketones is 1. The summed E-state index contributed by atoms with van der Waals surface area (Å²) < 4.78 is 6.17. The van der Waals surface area contributed by atoms with Crippen LogP contribution in [0.3, 0.4) is 0 Å². The normalized spacial score (nSPS) is 25.4. The zero-order chi connectivity index (χ0) is 15.5. The summed E-state index contributed by atoms with van der Waals surface area (Å²) in [5.74, 6) is 0.346. The van der Waals surface area contributed by atoms with Gasteiger partial charge in [0.2, 0.25) is 0 Å². The highest BCUT2D eigenvalue weighted by molar-refractivity contribution is 6.35. The van der Waals surface area contributed by atoms with Gasteiger partial charge < -0.3 is 4.74 Å². The van der Waals surface area contributed by atoms with Gasteiger partial charge in [-0.05, 0) is 25.0 Å². The van der Waals surface area contributed by atoms with E-state index in [1.807, 2.05) is 18.2 Å². The third-order valence-electron chi connectivity index (χ3n) is 4.70. The van der Waals surface area contributed by atoms with E-state index in [0.29, 0.717) is 41.4 Å². The molecule has 3 nitrogen and oxygen atoms in total. The van der Waals surface area contributed by atoms with Gasteiger partial charge >= 0.3 is 0 Å². The Labute approximate surface area is 153 Å².